The summed E-state index contributed by atoms with van der Waals surface area (Å²) in [6.07, 6.45) is 13.3. The number of aromatic nitrogens is 3. The number of carbonyl (C=O) groups excluding carboxylic acids is 2. The fraction of sp³-hybridized carbons (Fsp3) is 0.562. The van der Waals surface area contributed by atoms with Gasteiger partial charge < -0.3 is 26.6 Å². The van der Waals surface area contributed by atoms with Gasteiger partial charge in [0.1, 0.15) is 5.56 Å². The lowest BCUT2D eigenvalue weighted by atomic mass is 9.68. The van der Waals surface area contributed by atoms with Crippen LogP contribution in [0.5, 0.6) is 0 Å². The van der Waals surface area contributed by atoms with Gasteiger partial charge in [0.15, 0.2) is 17.3 Å². The van der Waals surface area contributed by atoms with Crippen molar-refractivity contribution in [1.29, 1.82) is 0 Å². The molecular formula is C32H43FN8O2. The number of amides is 2. The van der Waals surface area contributed by atoms with Gasteiger partial charge in [0.25, 0.3) is 11.8 Å². The van der Waals surface area contributed by atoms with Gasteiger partial charge in [-0.15, -0.1) is 5.10 Å². The monoisotopic (exact) mass is 590 g/mol. The Hall–Kier alpha value is -3.57. The van der Waals surface area contributed by atoms with Gasteiger partial charge in [0.2, 0.25) is 0 Å². The summed E-state index contributed by atoms with van der Waals surface area (Å²) >= 11 is 0. The Morgan fingerprint density at radius 1 is 0.977 bits per heavy atom. The summed E-state index contributed by atoms with van der Waals surface area (Å²) in [5.41, 5.74) is 8.10. The Morgan fingerprint density at radius 2 is 1.65 bits per heavy atom. The first kappa shape index (κ1) is 29.5. The minimum Gasteiger partial charge on any atom is -0.381 e. The highest BCUT2D eigenvalue weighted by molar-refractivity contribution is 6.04. The quantitative estimate of drug-likeness (QED) is 0.365. The first-order chi connectivity index (χ1) is 20.9. The second-order valence-electron chi connectivity index (χ2n) is 12.4. The van der Waals surface area contributed by atoms with Crippen LogP contribution in [0, 0.1) is 5.82 Å². The second kappa shape index (κ2) is 13.0. The fourth-order valence-electron chi connectivity index (χ4n) is 7.40. The Balaban J connectivity index is 1.33. The molecule has 1 spiro atoms. The molecule has 10 nitrogen and oxygen atoms in total. The van der Waals surface area contributed by atoms with Crippen LogP contribution in [-0.2, 0) is 0 Å². The smallest absolute Gasteiger partial charge is 0.259 e. The van der Waals surface area contributed by atoms with E-state index in [0.717, 1.165) is 63.5 Å². The van der Waals surface area contributed by atoms with Gasteiger partial charge in [-0.3, -0.25) is 9.59 Å². The molecule has 3 fully saturated rings. The highest BCUT2D eigenvalue weighted by atomic mass is 19.1. The van der Waals surface area contributed by atoms with E-state index in [-0.39, 0.29) is 46.3 Å². The van der Waals surface area contributed by atoms with Crippen molar-refractivity contribution in [2.24, 2.45) is 0 Å². The van der Waals surface area contributed by atoms with Gasteiger partial charge in [-0.05, 0) is 43.5 Å². The number of anilines is 1. The molecule has 43 heavy (non-hydrogen) atoms. The van der Waals surface area contributed by atoms with Crippen LogP contribution in [0.15, 0.2) is 36.7 Å². The Bertz CT molecular complexity index is 1430. The molecule has 5 N–H and O–H groups in total. The van der Waals surface area contributed by atoms with Crippen molar-refractivity contribution in [3.05, 3.63) is 59.2 Å². The first-order valence-electron chi connectivity index (χ1n) is 15.9. The Labute approximate surface area is 252 Å². The third-order valence-corrected chi connectivity index (χ3v) is 9.65. The topological polar surface area (TPSA) is 130 Å². The number of fused-ring (bicyclic) bond motifs is 1. The van der Waals surface area contributed by atoms with Gasteiger partial charge >= 0.3 is 0 Å². The summed E-state index contributed by atoms with van der Waals surface area (Å²) in [6.45, 7) is 3.88. The standard InChI is InChI=1S/C32H43FN8O2/c33-24-20-36-29-26(28(34)39-41(29)21-24)30(42)38-27-25(12-15-37-32(27)13-6-4-2-1-3-5-7-14-32)22-8-10-23(11-9-22)31(43)40-18-16-35-17-19-40/h8-11,20-21,25,27,35,37H,1-7,12-19H2,(H2,34,39)(H,38,42). The highest BCUT2D eigenvalue weighted by Gasteiger charge is 2.46. The molecule has 3 aromatic rings. The van der Waals surface area contributed by atoms with Gasteiger partial charge in [-0.1, -0.05) is 57.1 Å². The number of benzene rings is 1. The molecular weight excluding hydrogens is 547 g/mol. The maximum Gasteiger partial charge on any atom is 0.259 e. The minimum atomic E-state index is -0.558. The number of halogens is 1. The molecule has 1 aromatic carbocycles. The number of nitrogens with one attached hydrogen (secondary N) is 3. The maximum absolute atomic E-state index is 14.0. The molecule has 2 aromatic heterocycles. The molecule has 11 heteroatoms. The van der Waals surface area contributed by atoms with E-state index >= 15 is 0 Å². The lowest BCUT2D eigenvalue weighted by Crippen LogP contribution is -2.66. The number of carbonyl (C=O) groups is 2. The summed E-state index contributed by atoms with van der Waals surface area (Å²) in [5, 5.41) is 14.7. The predicted molar refractivity (Wildman–Crippen MR) is 163 cm³/mol. The second-order valence-corrected chi connectivity index (χ2v) is 12.4. The zero-order valence-corrected chi connectivity index (χ0v) is 24.8. The molecule has 3 aliphatic rings. The molecule has 230 valence electrons. The molecule has 1 aliphatic carbocycles. The number of hydrogen-bond donors (Lipinski definition) is 4. The number of hydrogen-bond acceptors (Lipinski definition) is 7. The van der Waals surface area contributed by atoms with E-state index < -0.39 is 5.82 Å². The molecule has 2 unspecified atom stereocenters. The molecule has 4 heterocycles. The Kier molecular flexibility index (Phi) is 8.90. The number of piperidine rings is 1. The van der Waals surface area contributed by atoms with Crippen molar-refractivity contribution >= 4 is 23.3 Å². The van der Waals surface area contributed by atoms with Crippen molar-refractivity contribution in [3.63, 3.8) is 0 Å². The summed E-state index contributed by atoms with van der Waals surface area (Å²) in [6, 6.07) is 7.77. The predicted octanol–water partition coefficient (Wildman–Crippen LogP) is 3.63. The van der Waals surface area contributed by atoms with Gasteiger partial charge in [0.05, 0.1) is 18.4 Å². The zero-order valence-electron chi connectivity index (χ0n) is 24.8. The van der Waals surface area contributed by atoms with Crippen LogP contribution in [0.4, 0.5) is 10.2 Å². The number of nitrogens with two attached hydrogens (primary N) is 1. The summed E-state index contributed by atoms with van der Waals surface area (Å²) in [7, 11) is 0. The molecule has 0 bridgehead atoms. The van der Waals surface area contributed by atoms with E-state index in [1.807, 2.05) is 17.0 Å². The molecule has 6 rings (SSSR count). The molecule has 2 aliphatic heterocycles. The number of piperazine rings is 1. The van der Waals surface area contributed by atoms with Crippen molar-refractivity contribution in [2.75, 3.05) is 38.5 Å². The van der Waals surface area contributed by atoms with Crippen LogP contribution in [-0.4, -0.2) is 75.6 Å². The van der Waals surface area contributed by atoms with E-state index in [4.69, 9.17) is 5.73 Å². The molecule has 0 radical (unpaired) electrons. The van der Waals surface area contributed by atoms with E-state index in [0.29, 0.717) is 18.7 Å². The average molecular weight is 591 g/mol. The number of nitrogen functional groups attached to an aromatic ring is 1. The largest absolute Gasteiger partial charge is 0.381 e. The first-order valence-corrected chi connectivity index (χ1v) is 15.9. The van der Waals surface area contributed by atoms with Crippen LogP contribution in [0.3, 0.4) is 0 Å². The average Bonchev–Trinajstić information content (AvgIpc) is 3.36. The third kappa shape index (κ3) is 6.24. The lowest BCUT2D eigenvalue weighted by Gasteiger charge is -2.50. The van der Waals surface area contributed by atoms with Crippen molar-refractivity contribution in [1.82, 2.24) is 35.4 Å². The fourth-order valence-corrected chi connectivity index (χ4v) is 7.40. The van der Waals surface area contributed by atoms with Crippen molar-refractivity contribution < 1.29 is 14.0 Å². The van der Waals surface area contributed by atoms with E-state index in [1.54, 1.807) is 0 Å². The number of rotatable bonds is 4. The van der Waals surface area contributed by atoms with Crippen LogP contribution < -0.4 is 21.7 Å². The lowest BCUT2D eigenvalue weighted by molar-refractivity contribution is 0.0735. The SMILES string of the molecule is Nc1nn2cc(F)cnc2c1C(=O)NC1C(c2ccc(C(=O)N3CCNCC3)cc2)CCNC12CCCCCCCCC2. The van der Waals surface area contributed by atoms with Crippen LogP contribution in [0.2, 0.25) is 0 Å². The van der Waals surface area contributed by atoms with Crippen molar-refractivity contribution in [2.45, 2.75) is 81.7 Å². The van der Waals surface area contributed by atoms with E-state index in [2.05, 4.69) is 38.2 Å². The van der Waals surface area contributed by atoms with E-state index in [1.165, 1.54) is 42.8 Å². The van der Waals surface area contributed by atoms with Gasteiger partial charge in [0, 0.05) is 43.2 Å². The van der Waals surface area contributed by atoms with E-state index in [9.17, 15) is 14.0 Å². The van der Waals surface area contributed by atoms with Crippen LogP contribution in [0.25, 0.3) is 5.65 Å². The van der Waals surface area contributed by atoms with Crippen LogP contribution in [0.1, 0.15) is 96.4 Å². The third-order valence-electron chi connectivity index (χ3n) is 9.65. The maximum atomic E-state index is 14.0. The molecule has 1 saturated carbocycles. The molecule has 2 saturated heterocycles. The van der Waals surface area contributed by atoms with Gasteiger partial charge in [-0.25, -0.2) is 13.9 Å². The molecule has 2 amide bonds. The zero-order chi connectivity index (χ0) is 29.8. The summed E-state index contributed by atoms with van der Waals surface area (Å²) < 4.78 is 15.1. The highest BCUT2D eigenvalue weighted by Crippen LogP contribution is 2.40. The summed E-state index contributed by atoms with van der Waals surface area (Å²) in [4.78, 5) is 33.2. The number of nitrogens with zero attached hydrogens (tertiary/aromatic N) is 4. The normalized spacial score (nSPS) is 23.2. The minimum absolute atomic E-state index is 0.0201. The summed E-state index contributed by atoms with van der Waals surface area (Å²) in [5.74, 6) is -0.804. The van der Waals surface area contributed by atoms with Gasteiger partial charge in [-0.2, -0.15) is 0 Å². The Morgan fingerprint density at radius 3 is 2.35 bits per heavy atom. The van der Waals surface area contributed by atoms with Crippen LogP contribution >= 0.6 is 0 Å². The van der Waals surface area contributed by atoms with Crippen molar-refractivity contribution in [3.8, 4) is 0 Å². The molecule has 2 atom stereocenters.